The van der Waals surface area contributed by atoms with Crippen molar-refractivity contribution in [3.8, 4) is 0 Å². The molecule has 180 valence electrons. The lowest BCUT2D eigenvalue weighted by Crippen LogP contribution is -2.51. The summed E-state index contributed by atoms with van der Waals surface area (Å²) >= 11 is 0. The lowest BCUT2D eigenvalue weighted by atomic mass is 10.1. The Morgan fingerprint density at radius 1 is 0.882 bits per heavy atom. The molecule has 1 aromatic heterocycles. The van der Waals surface area contributed by atoms with Gasteiger partial charge in [0.25, 0.3) is 0 Å². The first-order valence-electron chi connectivity index (χ1n) is 12.1. The predicted molar refractivity (Wildman–Crippen MR) is 132 cm³/mol. The molecule has 2 aromatic rings. The van der Waals surface area contributed by atoms with Gasteiger partial charge in [0.1, 0.15) is 18.0 Å². The molecule has 4 heterocycles. The van der Waals surface area contributed by atoms with Crippen LogP contribution >= 0.6 is 0 Å². The van der Waals surface area contributed by atoms with E-state index in [0.29, 0.717) is 19.6 Å². The molecule has 3 fully saturated rings. The van der Waals surface area contributed by atoms with Gasteiger partial charge in [-0.1, -0.05) is 17.7 Å². The molecule has 3 aliphatic rings. The van der Waals surface area contributed by atoms with Gasteiger partial charge < -0.3 is 24.5 Å². The fourth-order valence-corrected chi connectivity index (χ4v) is 4.98. The summed E-state index contributed by atoms with van der Waals surface area (Å²) in [7, 11) is 2.14. The molecule has 3 saturated heterocycles. The van der Waals surface area contributed by atoms with Crippen LogP contribution in [0.5, 0.6) is 0 Å². The van der Waals surface area contributed by atoms with Gasteiger partial charge in [0, 0.05) is 77.1 Å². The number of piperazine rings is 2. The minimum atomic E-state index is -0.275. The quantitative estimate of drug-likeness (QED) is 0.675. The molecule has 0 radical (unpaired) electrons. The topological polar surface area (TPSA) is 76.1 Å². The van der Waals surface area contributed by atoms with Crippen LogP contribution < -0.4 is 14.7 Å². The highest BCUT2D eigenvalue weighted by atomic mass is 16.2. The van der Waals surface area contributed by atoms with E-state index in [0.717, 1.165) is 62.2 Å². The van der Waals surface area contributed by atoms with E-state index in [-0.39, 0.29) is 24.2 Å². The molecule has 5 rings (SSSR count). The average Bonchev–Trinajstić information content (AvgIpc) is 3.26. The first-order valence-corrected chi connectivity index (χ1v) is 12.1. The monoisotopic (exact) mass is 463 g/mol. The number of aromatic nitrogens is 2. The lowest BCUT2D eigenvalue weighted by Gasteiger charge is -2.37. The number of hydrogen-bond acceptors (Lipinski definition) is 7. The van der Waals surface area contributed by atoms with Crippen LogP contribution in [0.25, 0.3) is 0 Å². The molecular formula is C25H33N7O2. The van der Waals surface area contributed by atoms with Gasteiger partial charge in [-0.2, -0.15) is 0 Å². The Labute approximate surface area is 201 Å². The molecule has 0 spiro atoms. The Kier molecular flexibility index (Phi) is 6.36. The third-order valence-electron chi connectivity index (χ3n) is 7.20. The molecule has 9 nitrogen and oxygen atoms in total. The Balaban J connectivity index is 1.17. The van der Waals surface area contributed by atoms with Crippen molar-refractivity contribution >= 4 is 29.1 Å². The van der Waals surface area contributed by atoms with Crippen LogP contribution in [0, 0.1) is 12.8 Å². The summed E-state index contributed by atoms with van der Waals surface area (Å²) in [6, 6.07) is 9.98. The molecule has 1 atom stereocenters. The maximum Gasteiger partial charge on any atom is 0.228 e. The van der Waals surface area contributed by atoms with Crippen LogP contribution in [0.3, 0.4) is 0 Å². The highest BCUT2D eigenvalue weighted by Crippen LogP contribution is 2.27. The van der Waals surface area contributed by atoms with Crippen molar-refractivity contribution in [2.75, 3.05) is 80.7 Å². The van der Waals surface area contributed by atoms with Crippen molar-refractivity contribution in [2.45, 2.75) is 13.3 Å². The molecule has 34 heavy (non-hydrogen) atoms. The second kappa shape index (κ2) is 9.58. The van der Waals surface area contributed by atoms with Crippen molar-refractivity contribution in [1.29, 1.82) is 0 Å². The number of carbonyl (C=O) groups excluding carboxylic acids is 2. The van der Waals surface area contributed by atoms with Gasteiger partial charge in [0.05, 0.1) is 5.92 Å². The Morgan fingerprint density at radius 3 is 2.09 bits per heavy atom. The third-order valence-corrected chi connectivity index (χ3v) is 7.20. The summed E-state index contributed by atoms with van der Waals surface area (Å²) in [6.45, 7) is 9.22. The van der Waals surface area contributed by atoms with E-state index >= 15 is 0 Å². The number of rotatable bonds is 4. The summed E-state index contributed by atoms with van der Waals surface area (Å²) in [5, 5.41) is 0. The highest BCUT2D eigenvalue weighted by molar-refractivity contribution is 6.00. The van der Waals surface area contributed by atoms with Gasteiger partial charge in [0.15, 0.2) is 0 Å². The number of anilines is 3. The summed E-state index contributed by atoms with van der Waals surface area (Å²) in [5.74, 6) is 1.72. The zero-order valence-electron chi connectivity index (χ0n) is 20.1. The predicted octanol–water partition coefficient (Wildman–Crippen LogP) is 1.24. The van der Waals surface area contributed by atoms with E-state index in [9.17, 15) is 9.59 Å². The van der Waals surface area contributed by atoms with E-state index in [1.54, 1.807) is 11.2 Å². The van der Waals surface area contributed by atoms with Crippen molar-refractivity contribution in [2.24, 2.45) is 5.92 Å². The van der Waals surface area contributed by atoms with Crippen LogP contribution in [-0.2, 0) is 9.59 Å². The van der Waals surface area contributed by atoms with E-state index in [1.807, 2.05) is 36.1 Å². The Hall–Kier alpha value is -3.20. The average molecular weight is 464 g/mol. The minimum Gasteiger partial charge on any atom is -0.354 e. The van der Waals surface area contributed by atoms with Crippen molar-refractivity contribution in [1.82, 2.24) is 19.8 Å². The van der Waals surface area contributed by atoms with Gasteiger partial charge in [-0.25, -0.2) is 9.97 Å². The van der Waals surface area contributed by atoms with E-state index < -0.39 is 0 Å². The zero-order valence-corrected chi connectivity index (χ0v) is 20.1. The fourth-order valence-electron chi connectivity index (χ4n) is 4.98. The van der Waals surface area contributed by atoms with Crippen molar-refractivity contribution < 1.29 is 9.59 Å². The number of aryl methyl sites for hydroxylation is 1. The second-order valence-electron chi connectivity index (χ2n) is 9.58. The largest absolute Gasteiger partial charge is 0.354 e. The van der Waals surface area contributed by atoms with Crippen LogP contribution in [-0.4, -0.2) is 97.5 Å². The highest BCUT2D eigenvalue weighted by Gasteiger charge is 2.38. The number of likely N-dealkylation sites (N-methyl/N-ethyl adjacent to an activating group) is 1. The first-order chi connectivity index (χ1) is 16.5. The van der Waals surface area contributed by atoms with E-state index in [4.69, 9.17) is 0 Å². The summed E-state index contributed by atoms with van der Waals surface area (Å²) < 4.78 is 0. The second-order valence-corrected chi connectivity index (χ2v) is 9.58. The standard InChI is InChI=1S/C25H33N7O2/c1-19-3-5-21(6-4-19)32-17-20(15-24(32)33)25(34)31-13-11-30(12-14-31)23-16-22(26-18-27-23)29-9-7-28(2)8-10-29/h3-6,16,18,20H,7-15,17H2,1-2H3. The lowest BCUT2D eigenvalue weighted by molar-refractivity contribution is -0.136. The maximum absolute atomic E-state index is 13.2. The maximum atomic E-state index is 13.2. The number of nitrogens with zero attached hydrogens (tertiary/aromatic N) is 7. The van der Waals surface area contributed by atoms with Crippen molar-refractivity contribution in [3.63, 3.8) is 0 Å². The van der Waals surface area contributed by atoms with Gasteiger partial charge in [-0.05, 0) is 26.1 Å². The summed E-state index contributed by atoms with van der Waals surface area (Å²) in [5.41, 5.74) is 2.02. The Morgan fingerprint density at radius 2 is 1.47 bits per heavy atom. The van der Waals surface area contributed by atoms with Gasteiger partial charge in [0.2, 0.25) is 11.8 Å². The van der Waals surface area contributed by atoms with E-state index in [1.165, 1.54) is 0 Å². The van der Waals surface area contributed by atoms with Crippen molar-refractivity contribution in [3.05, 3.63) is 42.2 Å². The number of carbonyl (C=O) groups is 2. The molecule has 0 saturated carbocycles. The summed E-state index contributed by atoms with van der Waals surface area (Å²) in [6.07, 6.45) is 1.93. The zero-order chi connectivity index (χ0) is 23.7. The van der Waals surface area contributed by atoms with Gasteiger partial charge >= 0.3 is 0 Å². The molecule has 0 bridgehead atoms. The molecule has 2 amide bonds. The third kappa shape index (κ3) is 4.70. The van der Waals surface area contributed by atoms with E-state index in [2.05, 4.69) is 37.8 Å². The molecule has 3 aliphatic heterocycles. The van der Waals surface area contributed by atoms with Gasteiger partial charge in [-0.3, -0.25) is 9.59 Å². The first kappa shape index (κ1) is 22.6. The molecule has 1 unspecified atom stereocenters. The normalized spacial score (nSPS) is 21.9. The smallest absolute Gasteiger partial charge is 0.228 e. The van der Waals surface area contributed by atoms with Crippen LogP contribution in [0.4, 0.5) is 17.3 Å². The molecule has 0 N–H and O–H groups in total. The minimum absolute atomic E-state index is 0.0262. The number of hydrogen-bond donors (Lipinski definition) is 0. The molecular weight excluding hydrogens is 430 g/mol. The van der Waals surface area contributed by atoms with Gasteiger partial charge in [-0.15, -0.1) is 0 Å². The number of benzene rings is 1. The fraction of sp³-hybridized carbons (Fsp3) is 0.520. The SMILES string of the molecule is Cc1ccc(N2CC(C(=O)N3CCN(c4cc(N5CCN(C)CC5)ncn4)CC3)CC2=O)cc1. The van der Waals surface area contributed by atoms with Crippen LogP contribution in [0.1, 0.15) is 12.0 Å². The summed E-state index contributed by atoms with van der Waals surface area (Å²) in [4.78, 5) is 45.3. The van der Waals surface area contributed by atoms with Crippen LogP contribution in [0.2, 0.25) is 0 Å². The molecule has 9 heteroatoms. The van der Waals surface area contributed by atoms with Crippen LogP contribution in [0.15, 0.2) is 36.7 Å². The Bertz CT molecular complexity index is 1030. The molecule has 1 aromatic carbocycles. The molecule has 0 aliphatic carbocycles. The number of amides is 2.